The number of benzene rings is 1. The molecule has 0 bridgehead atoms. The van der Waals surface area contributed by atoms with Crippen molar-refractivity contribution < 1.29 is 23.9 Å². The average molecular weight is 526 g/mol. The third-order valence-corrected chi connectivity index (χ3v) is 8.89. The number of aryl methyl sites for hydroxylation is 2. The Morgan fingerprint density at radius 1 is 1.27 bits per heavy atom. The number of fused-ring (bicyclic) bond motifs is 3. The highest BCUT2D eigenvalue weighted by Gasteiger charge is 2.58. The maximum Gasteiger partial charge on any atom is 0.325 e. The second-order valence-corrected chi connectivity index (χ2v) is 11.2. The average Bonchev–Trinajstić information content (AvgIpc) is 3.16. The van der Waals surface area contributed by atoms with Crippen molar-refractivity contribution in [3.05, 3.63) is 44.6 Å². The zero-order valence-corrected chi connectivity index (χ0v) is 22.2. The first kappa shape index (κ1) is 25.1. The molecular formula is C26H31N5O5S. The number of urea groups is 2. The molecule has 10 nitrogen and oxygen atoms in total. The van der Waals surface area contributed by atoms with Crippen LogP contribution in [0.2, 0.25) is 0 Å². The minimum Gasteiger partial charge on any atom is -0.490 e. The normalized spacial score (nSPS) is 22.6. The lowest BCUT2D eigenvalue weighted by Gasteiger charge is -2.39. The number of carbonyl (C=O) groups excluding carboxylic acids is 4. The molecule has 1 aromatic carbocycles. The summed E-state index contributed by atoms with van der Waals surface area (Å²) in [6.07, 6.45) is 1.38. The van der Waals surface area contributed by atoms with Crippen molar-refractivity contribution >= 4 is 40.9 Å². The predicted molar refractivity (Wildman–Crippen MR) is 139 cm³/mol. The van der Waals surface area contributed by atoms with Gasteiger partial charge in [-0.3, -0.25) is 14.5 Å². The van der Waals surface area contributed by atoms with E-state index in [2.05, 4.69) is 16.0 Å². The van der Waals surface area contributed by atoms with Crippen LogP contribution in [0.5, 0.6) is 5.75 Å². The first-order chi connectivity index (χ1) is 17.6. The number of imide groups is 1. The number of ether oxygens (including phenoxy) is 1. The molecule has 2 aliphatic heterocycles. The minimum absolute atomic E-state index is 0.166. The number of carbonyl (C=O) groups is 4. The molecular weight excluding hydrogens is 494 g/mol. The maximum atomic E-state index is 13.9. The Kier molecular flexibility index (Phi) is 6.35. The van der Waals surface area contributed by atoms with Crippen LogP contribution in [0, 0.1) is 19.8 Å². The molecule has 1 aliphatic carbocycles. The summed E-state index contributed by atoms with van der Waals surface area (Å²) in [5.41, 5.74) is 2.04. The molecule has 1 aromatic heterocycles. The third-order valence-electron chi connectivity index (χ3n) is 7.72. The topological polar surface area (TPSA) is 120 Å². The molecule has 3 aliphatic rings. The smallest absolute Gasteiger partial charge is 0.325 e. The Bertz CT molecular complexity index is 1310. The standard InChI is InChI=1S/C26H31N5O5S/c1-14-5-6-17-11-18(28-24(34)27-4)7-8-19(17)26(14)23(33)31(25(35)29-26)13-21(32)30-9-10-36-22-15(2)16(3)37-20(22)12-30/h7-8,11,14H,5-6,9-10,12-13H2,1-4H3,(H,29,35)(H2,27,28,34)/t14-,26-/m0/s1. The van der Waals surface area contributed by atoms with Crippen LogP contribution in [0.15, 0.2) is 18.2 Å². The third kappa shape index (κ3) is 4.11. The first-order valence-electron chi connectivity index (χ1n) is 12.4. The summed E-state index contributed by atoms with van der Waals surface area (Å²) in [6, 6.07) is 4.44. The number of thiophene rings is 1. The largest absolute Gasteiger partial charge is 0.490 e. The van der Waals surface area contributed by atoms with E-state index >= 15 is 0 Å². The molecule has 3 heterocycles. The SMILES string of the molecule is CNC(=O)Nc1ccc2c(c1)CC[C@H](C)[C@]21NC(=O)N(CC(=O)N2CCOc3c(sc(C)c3C)C2)C1=O. The molecule has 0 saturated carbocycles. The molecule has 1 spiro atoms. The quantitative estimate of drug-likeness (QED) is 0.533. The van der Waals surface area contributed by atoms with Crippen molar-refractivity contribution in [2.24, 2.45) is 5.92 Å². The van der Waals surface area contributed by atoms with Gasteiger partial charge in [0.1, 0.15) is 24.4 Å². The lowest BCUT2D eigenvalue weighted by molar-refractivity contribution is -0.140. The molecule has 6 amide bonds. The lowest BCUT2D eigenvalue weighted by Crippen LogP contribution is -2.52. The number of hydrogen-bond donors (Lipinski definition) is 3. The van der Waals surface area contributed by atoms with Gasteiger partial charge in [-0.15, -0.1) is 11.3 Å². The fourth-order valence-corrected chi connectivity index (χ4v) is 6.63. The van der Waals surface area contributed by atoms with Crippen LogP contribution in [0.4, 0.5) is 15.3 Å². The van der Waals surface area contributed by atoms with E-state index in [1.807, 2.05) is 26.8 Å². The summed E-state index contributed by atoms with van der Waals surface area (Å²) in [5.74, 6) is -0.0411. The zero-order chi connectivity index (χ0) is 26.5. The van der Waals surface area contributed by atoms with E-state index in [0.717, 1.165) is 31.5 Å². The van der Waals surface area contributed by atoms with Gasteiger partial charge >= 0.3 is 12.1 Å². The van der Waals surface area contributed by atoms with Crippen LogP contribution in [0.1, 0.15) is 39.8 Å². The monoisotopic (exact) mass is 525 g/mol. The van der Waals surface area contributed by atoms with Gasteiger partial charge in [-0.2, -0.15) is 0 Å². The van der Waals surface area contributed by atoms with Crippen molar-refractivity contribution in [1.82, 2.24) is 20.4 Å². The predicted octanol–water partition coefficient (Wildman–Crippen LogP) is 2.87. The Balaban J connectivity index is 1.38. The molecule has 3 N–H and O–H groups in total. The highest BCUT2D eigenvalue weighted by atomic mass is 32.1. The van der Waals surface area contributed by atoms with Crippen molar-refractivity contribution in [3.8, 4) is 5.75 Å². The van der Waals surface area contributed by atoms with Crippen molar-refractivity contribution in [3.63, 3.8) is 0 Å². The van der Waals surface area contributed by atoms with Crippen LogP contribution < -0.4 is 20.7 Å². The second kappa shape index (κ2) is 9.37. The molecule has 1 saturated heterocycles. The van der Waals surface area contributed by atoms with Gasteiger partial charge < -0.3 is 25.6 Å². The van der Waals surface area contributed by atoms with E-state index in [9.17, 15) is 19.2 Å². The summed E-state index contributed by atoms with van der Waals surface area (Å²) in [6.45, 7) is 6.78. The van der Waals surface area contributed by atoms with E-state index in [4.69, 9.17) is 4.74 Å². The molecule has 11 heteroatoms. The van der Waals surface area contributed by atoms with Crippen molar-refractivity contribution in [2.75, 3.05) is 32.1 Å². The van der Waals surface area contributed by atoms with E-state index < -0.39 is 17.5 Å². The number of nitrogens with zero attached hydrogens (tertiary/aromatic N) is 2. The van der Waals surface area contributed by atoms with E-state index in [0.29, 0.717) is 43.8 Å². The lowest BCUT2D eigenvalue weighted by atomic mass is 9.69. The number of rotatable bonds is 3. The Morgan fingerprint density at radius 2 is 2.05 bits per heavy atom. The Labute approximate surface area is 219 Å². The first-order valence-corrected chi connectivity index (χ1v) is 13.2. The molecule has 0 unspecified atom stereocenters. The van der Waals surface area contributed by atoms with Gasteiger partial charge in [0.05, 0.1) is 18.0 Å². The molecule has 196 valence electrons. The number of anilines is 1. The molecule has 2 aromatic rings. The minimum atomic E-state index is -1.24. The molecule has 5 rings (SSSR count). The summed E-state index contributed by atoms with van der Waals surface area (Å²) >= 11 is 1.60. The van der Waals surface area contributed by atoms with Gasteiger partial charge in [-0.05, 0) is 55.9 Å². The summed E-state index contributed by atoms with van der Waals surface area (Å²) in [5, 5.41) is 8.20. The van der Waals surface area contributed by atoms with Crippen LogP contribution in [-0.4, -0.2) is 60.4 Å². The summed E-state index contributed by atoms with van der Waals surface area (Å²) in [7, 11) is 1.53. The van der Waals surface area contributed by atoms with Gasteiger partial charge in [0.25, 0.3) is 5.91 Å². The van der Waals surface area contributed by atoms with E-state index in [1.165, 1.54) is 7.05 Å². The number of hydrogen-bond acceptors (Lipinski definition) is 6. The van der Waals surface area contributed by atoms with Gasteiger partial charge in [0.15, 0.2) is 0 Å². The fourth-order valence-electron chi connectivity index (χ4n) is 5.49. The number of amides is 6. The Morgan fingerprint density at radius 3 is 2.81 bits per heavy atom. The Hall–Kier alpha value is -3.60. The number of nitrogens with one attached hydrogen (secondary N) is 3. The van der Waals surface area contributed by atoms with Crippen molar-refractivity contribution in [2.45, 2.75) is 45.7 Å². The highest BCUT2D eigenvalue weighted by molar-refractivity contribution is 7.12. The van der Waals surface area contributed by atoms with Gasteiger partial charge in [0, 0.05) is 23.2 Å². The molecule has 37 heavy (non-hydrogen) atoms. The van der Waals surface area contributed by atoms with Crippen LogP contribution in [0.25, 0.3) is 0 Å². The zero-order valence-electron chi connectivity index (χ0n) is 21.4. The van der Waals surface area contributed by atoms with Gasteiger partial charge in [0.2, 0.25) is 5.91 Å². The van der Waals surface area contributed by atoms with Crippen LogP contribution in [0.3, 0.4) is 0 Å². The van der Waals surface area contributed by atoms with Gasteiger partial charge in [-0.1, -0.05) is 13.0 Å². The van der Waals surface area contributed by atoms with E-state index in [1.54, 1.807) is 28.4 Å². The summed E-state index contributed by atoms with van der Waals surface area (Å²) < 4.78 is 5.90. The second-order valence-electron chi connectivity index (χ2n) is 9.84. The molecule has 2 atom stereocenters. The highest BCUT2D eigenvalue weighted by Crippen LogP contribution is 2.44. The van der Waals surface area contributed by atoms with Gasteiger partial charge in [-0.25, -0.2) is 9.59 Å². The van der Waals surface area contributed by atoms with E-state index in [-0.39, 0.29) is 24.4 Å². The maximum absolute atomic E-state index is 13.9. The fraction of sp³-hybridized carbons (Fsp3) is 0.462. The molecule has 0 radical (unpaired) electrons. The summed E-state index contributed by atoms with van der Waals surface area (Å²) in [4.78, 5) is 56.9. The van der Waals surface area contributed by atoms with Crippen molar-refractivity contribution in [1.29, 1.82) is 0 Å². The molecule has 1 fully saturated rings. The van der Waals surface area contributed by atoms with Crippen LogP contribution in [-0.2, 0) is 28.1 Å². The van der Waals surface area contributed by atoms with Crippen LogP contribution >= 0.6 is 11.3 Å².